The van der Waals surface area contributed by atoms with Crippen LogP contribution >= 0.6 is 0 Å². The molecule has 1 heterocycles. The van der Waals surface area contributed by atoms with E-state index in [-0.39, 0.29) is 23.8 Å². The fourth-order valence-electron chi connectivity index (χ4n) is 2.09. The highest BCUT2D eigenvalue weighted by Crippen LogP contribution is 2.29. The van der Waals surface area contributed by atoms with E-state index >= 15 is 0 Å². The van der Waals surface area contributed by atoms with Crippen LogP contribution in [0.1, 0.15) is 12.0 Å². The van der Waals surface area contributed by atoms with Gasteiger partial charge in [0.15, 0.2) is 0 Å². The normalized spacial score (nSPS) is 22.4. The summed E-state index contributed by atoms with van der Waals surface area (Å²) in [7, 11) is -2.45. The number of sulfonamides is 1. The van der Waals surface area contributed by atoms with Crippen LogP contribution in [0.15, 0.2) is 17.0 Å². The molecule has 4 N–H and O–H groups in total. The van der Waals surface area contributed by atoms with Crippen LogP contribution < -0.4 is 15.2 Å². The van der Waals surface area contributed by atoms with Gasteiger partial charge in [-0.2, -0.15) is 0 Å². The Balaban J connectivity index is 2.25. The number of hydrogen-bond acceptors (Lipinski definition) is 6. The first kappa shape index (κ1) is 16.0. The topological polar surface area (TPSA) is 111 Å². The van der Waals surface area contributed by atoms with Crippen molar-refractivity contribution in [2.24, 2.45) is 0 Å². The molecule has 1 aromatic rings. The summed E-state index contributed by atoms with van der Waals surface area (Å²) >= 11 is 0. The Labute approximate surface area is 124 Å². The SMILES string of the molecule is COc1cc(C)c(N)cc1S(=O)(=O)NCC1(O)CCOC1. The molecular weight excluding hydrogens is 296 g/mol. The number of nitrogen functional groups attached to an aromatic ring is 1. The third-order valence-corrected chi connectivity index (χ3v) is 4.94. The largest absolute Gasteiger partial charge is 0.495 e. The van der Waals surface area contributed by atoms with Crippen LogP contribution in [-0.2, 0) is 14.8 Å². The van der Waals surface area contributed by atoms with Gasteiger partial charge in [0, 0.05) is 25.3 Å². The highest BCUT2D eigenvalue weighted by Gasteiger charge is 2.34. The summed E-state index contributed by atoms with van der Waals surface area (Å²) in [4.78, 5) is -0.0457. The fourth-order valence-corrected chi connectivity index (χ4v) is 3.39. The summed E-state index contributed by atoms with van der Waals surface area (Å²) in [5.41, 5.74) is 5.69. The van der Waals surface area contributed by atoms with Crippen molar-refractivity contribution >= 4 is 15.7 Å². The van der Waals surface area contributed by atoms with E-state index in [0.29, 0.717) is 18.7 Å². The van der Waals surface area contributed by atoms with Gasteiger partial charge in [-0.15, -0.1) is 0 Å². The molecule has 1 unspecified atom stereocenters. The lowest BCUT2D eigenvalue weighted by Gasteiger charge is -2.21. The Morgan fingerprint density at radius 2 is 2.24 bits per heavy atom. The van der Waals surface area contributed by atoms with Gasteiger partial charge in [-0.1, -0.05) is 0 Å². The lowest BCUT2D eigenvalue weighted by Crippen LogP contribution is -2.43. The van der Waals surface area contributed by atoms with Crippen molar-refractivity contribution in [3.8, 4) is 5.75 Å². The Hall–Kier alpha value is -1.35. The number of hydrogen-bond donors (Lipinski definition) is 3. The van der Waals surface area contributed by atoms with Crippen LogP contribution in [0.2, 0.25) is 0 Å². The zero-order valence-corrected chi connectivity index (χ0v) is 12.9. The van der Waals surface area contributed by atoms with E-state index in [1.54, 1.807) is 13.0 Å². The predicted octanol–water partition coefficient (Wildman–Crippen LogP) is 0.0155. The number of benzene rings is 1. The maximum absolute atomic E-state index is 12.4. The lowest BCUT2D eigenvalue weighted by molar-refractivity contribution is 0.0314. The first-order chi connectivity index (χ1) is 9.77. The summed E-state index contributed by atoms with van der Waals surface area (Å²) in [6, 6.07) is 2.92. The van der Waals surface area contributed by atoms with Crippen molar-refractivity contribution in [2.45, 2.75) is 23.8 Å². The standard InChI is InChI=1S/C13H20N2O5S/c1-9-5-11(19-2)12(6-10(9)14)21(17,18)15-7-13(16)3-4-20-8-13/h5-6,15-16H,3-4,7-8,14H2,1-2H3. The van der Waals surface area contributed by atoms with Gasteiger partial charge in [-0.25, -0.2) is 13.1 Å². The second kappa shape index (κ2) is 5.80. The third-order valence-electron chi connectivity index (χ3n) is 3.52. The summed E-state index contributed by atoms with van der Waals surface area (Å²) in [5, 5.41) is 10.1. The Bertz CT molecular complexity index is 624. The smallest absolute Gasteiger partial charge is 0.244 e. The number of nitrogens with two attached hydrogens (primary N) is 1. The Morgan fingerprint density at radius 1 is 1.52 bits per heavy atom. The number of anilines is 1. The van der Waals surface area contributed by atoms with Gasteiger partial charge >= 0.3 is 0 Å². The number of rotatable bonds is 5. The summed E-state index contributed by atoms with van der Waals surface area (Å²) in [5.74, 6) is 0.212. The molecule has 1 fully saturated rings. The highest BCUT2D eigenvalue weighted by molar-refractivity contribution is 7.89. The van der Waals surface area contributed by atoms with Gasteiger partial charge in [-0.05, 0) is 24.6 Å². The Morgan fingerprint density at radius 3 is 2.81 bits per heavy atom. The molecule has 1 aromatic carbocycles. The maximum Gasteiger partial charge on any atom is 0.244 e. The molecule has 7 nitrogen and oxygen atoms in total. The molecule has 21 heavy (non-hydrogen) atoms. The van der Waals surface area contributed by atoms with Gasteiger partial charge < -0.3 is 20.3 Å². The van der Waals surface area contributed by atoms with Crippen molar-refractivity contribution in [1.82, 2.24) is 4.72 Å². The molecule has 0 bridgehead atoms. The first-order valence-corrected chi connectivity index (χ1v) is 8.00. The van der Waals surface area contributed by atoms with Gasteiger partial charge in [-0.3, -0.25) is 0 Å². The maximum atomic E-state index is 12.4. The van der Waals surface area contributed by atoms with Crippen LogP contribution in [0.5, 0.6) is 5.75 Å². The lowest BCUT2D eigenvalue weighted by atomic mass is 10.1. The van der Waals surface area contributed by atoms with Gasteiger partial charge in [0.1, 0.15) is 16.2 Å². The zero-order valence-electron chi connectivity index (χ0n) is 12.0. The number of aryl methyl sites for hydroxylation is 1. The molecular formula is C13H20N2O5S. The minimum Gasteiger partial charge on any atom is -0.495 e. The van der Waals surface area contributed by atoms with Crippen LogP contribution in [0.3, 0.4) is 0 Å². The average Bonchev–Trinajstić information content (AvgIpc) is 2.87. The first-order valence-electron chi connectivity index (χ1n) is 6.51. The summed E-state index contributed by atoms with van der Waals surface area (Å²) in [6.07, 6.45) is 0.392. The van der Waals surface area contributed by atoms with Crippen LogP contribution in [0, 0.1) is 6.92 Å². The third kappa shape index (κ3) is 3.46. The molecule has 0 radical (unpaired) electrons. The van der Waals surface area contributed by atoms with Crippen LogP contribution in [-0.4, -0.2) is 46.0 Å². The molecule has 2 rings (SSSR count). The van der Waals surface area contributed by atoms with Crippen molar-refractivity contribution in [1.29, 1.82) is 0 Å². The van der Waals surface area contributed by atoms with Gasteiger partial charge in [0.05, 0.1) is 13.7 Å². The zero-order chi connectivity index (χ0) is 15.7. The molecule has 1 saturated heterocycles. The van der Waals surface area contributed by atoms with Crippen molar-refractivity contribution in [3.63, 3.8) is 0 Å². The van der Waals surface area contributed by atoms with Gasteiger partial charge in [0.25, 0.3) is 0 Å². The molecule has 1 aliphatic heterocycles. The summed E-state index contributed by atoms with van der Waals surface area (Å²) in [6.45, 7) is 2.17. The Kier molecular flexibility index (Phi) is 4.43. The molecule has 1 atom stereocenters. The van der Waals surface area contributed by atoms with E-state index in [9.17, 15) is 13.5 Å². The number of nitrogens with one attached hydrogen (secondary N) is 1. The van der Waals surface area contributed by atoms with E-state index in [2.05, 4.69) is 4.72 Å². The minimum atomic E-state index is -3.84. The van der Waals surface area contributed by atoms with Crippen molar-refractivity contribution in [2.75, 3.05) is 32.6 Å². The molecule has 118 valence electrons. The average molecular weight is 316 g/mol. The minimum absolute atomic E-state index is 0.0457. The molecule has 1 aliphatic rings. The molecule has 0 saturated carbocycles. The molecule has 8 heteroatoms. The second-order valence-electron chi connectivity index (χ2n) is 5.21. The van der Waals surface area contributed by atoms with E-state index in [1.165, 1.54) is 13.2 Å². The van der Waals surface area contributed by atoms with Crippen molar-refractivity contribution in [3.05, 3.63) is 17.7 Å². The van der Waals surface area contributed by atoms with E-state index in [4.69, 9.17) is 15.2 Å². The molecule has 0 amide bonds. The fraction of sp³-hybridized carbons (Fsp3) is 0.538. The number of methoxy groups -OCH3 is 1. The van der Waals surface area contributed by atoms with E-state index in [0.717, 1.165) is 5.56 Å². The van der Waals surface area contributed by atoms with E-state index < -0.39 is 15.6 Å². The van der Waals surface area contributed by atoms with Crippen LogP contribution in [0.4, 0.5) is 5.69 Å². The molecule has 0 aliphatic carbocycles. The van der Waals surface area contributed by atoms with E-state index in [1.807, 2.05) is 0 Å². The quantitative estimate of drug-likeness (QED) is 0.660. The predicted molar refractivity (Wildman–Crippen MR) is 77.7 cm³/mol. The number of ether oxygens (including phenoxy) is 2. The van der Waals surface area contributed by atoms with Crippen LogP contribution in [0.25, 0.3) is 0 Å². The van der Waals surface area contributed by atoms with Crippen molar-refractivity contribution < 1.29 is 23.0 Å². The molecule has 0 spiro atoms. The molecule has 0 aromatic heterocycles. The van der Waals surface area contributed by atoms with Gasteiger partial charge in [0.2, 0.25) is 10.0 Å². The highest BCUT2D eigenvalue weighted by atomic mass is 32.2. The number of aliphatic hydroxyl groups is 1. The monoisotopic (exact) mass is 316 g/mol. The summed E-state index contributed by atoms with van der Waals surface area (Å²) < 4.78 is 37.3. The second-order valence-corrected chi connectivity index (χ2v) is 6.95.